The fraction of sp³-hybridized carbons (Fsp3) is 0.238. The number of aromatic nitrogens is 1. The van der Waals surface area contributed by atoms with Crippen LogP contribution in [0.5, 0.6) is 0 Å². The van der Waals surface area contributed by atoms with Crippen molar-refractivity contribution in [3.63, 3.8) is 0 Å². The van der Waals surface area contributed by atoms with Crippen LogP contribution < -0.4 is 4.72 Å². The molecule has 0 fully saturated rings. The van der Waals surface area contributed by atoms with Gasteiger partial charge in [0.05, 0.1) is 0 Å². The molecule has 0 aliphatic rings. The highest BCUT2D eigenvalue weighted by Gasteiger charge is 2.19. The Hall–Kier alpha value is -2.35. The Bertz CT molecular complexity index is 1250. The molecule has 0 amide bonds. The highest BCUT2D eigenvalue weighted by atomic mass is 32.2. The predicted octanol–water partition coefficient (Wildman–Crippen LogP) is 4.53. The molecule has 0 saturated carbocycles. The van der Waals surface area contributed by atoms with Crippen molar-refractivity contribution < 1.29 is 8.42 Å². The van der Waals surface area contributed by atoms with E-state index in [0.29, 0.717) is 10.6 Å². The molecule has 2 aromatic heterocycles. The highest BCUT2D eigenvalue weighted by Crippen LogP contribution is 2.31. The second-order valence-electron chi connectivity index (χ2n) is 7.22. The summed E-state index contributed by atoms with van der Waals surface area (Å²) in [5.41, 5.74) is 2.86. The van der Waals surface area contributed by atoms with Crippen LogP contribution in [0, 0.1) is 6.92 Å². The van der Waals surface area contributed by atoms with E-state index in [0.717, 1.165) is 34.1 Å². The minimum Gasteiger partial charge on any atom is -0.344 e. The molecular weight excluding hydrogens is 390 g/mol. The quantitative estimate of drug-likeness (QED) is 0.505. The molecule has 146 valence electrons. The molecule has 0 radical (unpaired) electrons. The number of nitrogens with zero attached hydrogens (tertiary/aromatic N) is 2. The molecule has 0 spiro atoms. The Morgan fingerprint density at radius 1 is 1.11 bits per heavy atom. The van der Waals surface area contributed by atoms with Gasteiger partial charge < -0.3 is 9.47 Å². The number of sulfonamides is 1. The van der Waals surface area contributed by atoms with Gasteiger partial charge in [-0.15, -0.1) is 11.3 Å². The van der Waals surface area contributed by atoms with E-state index in [4.69, 9.17) is 0 Å². The molecule has 28 heavy (non-hydrogen) atoms. The number of benzene rings is 2. The molecular formula is C21H23N3O2S2. The van der Waals surface area contributed by atoms with Crippen LogP contribution in [-0.4, -0.2) is 38.5 Å². The van der Waals surface area contributed by atoms with E-state index >= 15 is 0 Å². The monoisotopic (exact) mass is 413 g/mol. The lowest BCUT2D eigenvalue weighted by Crippen LogP contribution is -2.18. The Kier molecular flexibility index (Phi) is 4.91. The van der Waals surface area contributed by atoms with Crippen LogP contribution in [0.25, 0.3) is 21.0 Å². The number of nitrogens with one attached hydrogen (secondary N) is 1. The number of hydrogen-bond acceptors (Lipinski definition) is 4. The molecule has 1 N–H and O–H groups in total. The first-order valence-corrected chi connectivity index (χ1v) is 11.4. The number of thiophene rings is 1. The fourth-order valence-corrected chi connectivity index (χ4v) is 5.99. The zero-order valence-electron chi connectivity index (χ0n) is 16.1. The van der Waals surface area contributed by atoms with E-state index < -0.39 is 10.0 Å². The summed E-state index contributed by atoms with van der Waals surface area (Å²) in [6, 6.07) is 15.4. The minimum absolute atomic E-state index is 0.327. The summed E-state index contributed by atoms with van der Waals surface area (Å²) < 4.78 is 31.9. The van der Waals surface area contributed by atoms with Crippen LogP contribution >= 0.6 is 11.3 Å². The van der Waals surface area contributed by atoms with Gasteiger partial charge in [-0.05, 0) is 51.4 Å². The molecule has 2 heterocycles. The summed E-state index contributed by atoms with van der Waals surface area (Å²) in [6.07, 6.45) is 0. The lowest BCUT2D eigenvalue weighted by molar-refractivity contribution is 0.385. The average molecular weight is 414 g/mol. The van der Waals surface area contributed by atoms with Gasteiger partial charge in [-0.1, -0.05) is 18.2 Å². The van der Waals surface area contributed by atoms with Crippen molar-refractivity contribution in [1.82, 2.24) is 9.47 Å². The number of likely N-dealkylation sites (N-methyl/N-ethyl adjacent to an activating group) is 1. The summed E-state index contributed by atoms with van der Waals surface area (Å²) in [5.74, 6) is 0. The van der Waals surface area contributed by atoms with Gasteiger partial charge in [0.25, 0.3) is 10.0 Å². The molecule has 0 aliphatic heterocycles. The molecule has 2 aromatic carbocycles. The normalized spacial score (nSPS) is 12.3. The molecule has 0 bridgehead atoms. The van der Waals surface area contributed by atoms with Gasteiger partial charge in [-0.2, -0.15) is 0 Å². The maximum absolute atomic E-state index is 12.9. The highest BCUT2D eigenvalue weighted by molar-refractivity contribution is 7.93. The predicted molar refractivity (Wildman–Crippen MR) is 118 cm³/mol. The van der Waals surface area contributed by atoms with Gasteiger partial charge in [0.15, 0.2) is 0 Å². The van der Waals surface area contributed by atoms with Crippen LogP contribution in [0.15, 0.2) is 58.8 Å². The molecule has 4 rings (SSSR count). The summed E-state index contributed by atoms with van der Waals surface area (Å²) in [7, 11) is 0.472. The Labute approximate surface area is 169 Å². The van der Waals surface area contributed by atoms with Gasteiger partial charge in [0.2, 0.25) is 0 Å². The van der Waals surface area contributed by atoms with E-state index in [2.05, 4.69) is 41.3 Å². The topological polar surface area (TPSA) is 54.3 Å². The standard InChI is InChI=1S/C21H23N3O2S2/c1-15-12-16-13-17(8-9-19(16)24(15)11-10-23(2)3)22-28(25,26)21-14-27-20-7-5-4-6-18(20)21/h4-9,12-14,22H,10-11H2,1-3H3. The molecule has 5 nitrogen and oxygen atoms in total. The number of fused-ring (bicyclic) bond motifs is 2. The van der Waals surface area contributed by atoms with Gasteiger partial charge in [-0.3, -0.25) is 4.72 Å². The van der Waals surface area contributed by atoms with Crippen LogP contribution in [-0.2, 0) is 16.6 Å². The van der Waals surface area contributed by atoms with E-state index in [9.17, 15) is 8.42 Å². The van der Waals surface area contributed by atoms with E-state index in [-0.39, 0.29) is 0 Å². The summed E-state index contributed by atoms with van der Waals surface area (Å²) >= 11 is 1.44. The van der Waals surface area contributed by atoms with Crippen LogP contribution in [0.3, 0.4) is 0 Å². The first-order chi connectivity index (χ1) is 13.3. The molecule has 0 aliphatic carbocycles. The summed E-state index contributed by atoms with van der Waals surface area (Å²) in [4.78, 5) is 2.48. The lowest BCUT2D eigenvalue weighted by atomic mass is 10.2. The Morgan fingerprint density at radius 3 is 2.68 bits per heavy atom. The average Bonchev–Trinajstić information content (AvgIpc) is 3.20. The lowest BCUT2D eigenvalue weighted by Gasteiger charge is -2.13. The molecule has 4 aromatic rings. The van der Waals surface area contributed by atoms with Gasteiger partial charge in [-0.25, -0.2) is 8.42 Å². The third-order valence-electron chi connectivity index (χ3n) is 4.87. The smallest absolute Gasteiger partial charge is 0.263 e. The van der Waals surface area contributed by atoms with Crippen molar-refractivity contribution in [1.29, 1.82) is 0 Å². The molecule has 7 heteroatoms. The van der Waals surface area contributed by atoms with Crippen LogP contribution in [0.4, 0.5) is 5.69 Å². The van der Waals surface area contributed by atoms with Gasteiger partial charge in [0, 0.05) is 50.8 Å². The first-order valence-electron chi connectivity index (χ1n) is 9.09. The number of hydrogen-bond donors (Lipinski definition) is 1. The largest absolute Gasteiger partial charge is 0.344 e. The summed E-state index contributed by atoms with van der Waals surface area (Å²) in [5, 5.41) is 3.49. The number of rotatable bonds is 6. The van der Waals surface area contributed by atoms with Crippen molar-refractivity contribution in [2.75, 3.05) is 25.4 Å². The third kappa shape index (κ3) is 3.53. The van der Waals surface area contributed by atoms with Gasteiger partial charge in [0.1, 0.15) is 4.90 Å². The van der Waals surface area contributed by atoms with Crippen molar-refractivity contribution >= 4 is 48.0 Å². The van der Waals surface area contributed by atoms with Crippen LogP contribution in [0.1, 0.15) is 5.69 Å². The Balaban J connectivity index is 1.66. The zero-order valence-corrected chi connectivity index (χ0v) is 17.8. The second-order valence-corrected chi connectivity index (χ2v) is 9.78. The van der Waals surface area contributed by atoms with E-state index in [1.165, 1.54) is 17.0 Å². The molecule has 0 saturated heterocycles. The summed E-state index contributed by atoms with van der Waals surface area (Å²) in [6.45, 7) is 3.93. The van der Waals surface area contributed by atoms with Crippen LogP contribution in [0.2, 0.25) is 0 Å². The number of aryl methyl sites for hydroxylation is 1. The van der Waals surface area contributed by atoms with Crippen molar-refractivity contribution in [3.05, 3.63) is 59.6 Å². The van der Waals surface area contributed by atoms with E-state index in [1.54, 1.807) is 5.38 Å². The SMILES string of the molecule is Cc1cc2cc(NS(=O)(=O)c3csc4ccccc34)ccc2n1CCN(C)C. The second kappa shape index (κ2) is 7.24. The zero-order chi connectivity index (χ0) is 19.9. The van der Waals surface area contributed by atoms with Crippen molar-refractivity contribution in [3.8, 4) is 0 Å². The van der Waals surface area contributed by atoms with Crippen molar-refractivity contribution in [2.45, 2.75) is 18.4 Å². The van der Waals surface area contributed by atoms with Gasteiger partial charge >= 0.3 is 0 Å². The minimum atomic E-state index is -3.64. The number of anilines is 1. The third-order valence-corrected chi connectivity index (χ3v) is 7.40. The van der Waals surface area contributed by atoms with E-state index in [1.807, 2.05) is 42.5 Å². The first kappa shape index (κ1) is 19.0. The Morgan fingerprint density at radius 2 is 1.89 bits per heavy atom. The molecule has 0 atom stereocenters. The van der Waals surface area contributed by atoms with Crippen molar-refractivity contribution in [2.24, 2.45) is 0 Å². The maximum atomic E-state index is 12.9. The molecule has 0 unspecified atom stereocenters. The fourth-order valence-electron chi connectivity index (χ4n) is 3.44. The maximum Gasteiger partial charge on any atom is 0.263 e.